The summed E-state index contributed by atoms with van der Waals surface area (Å²) in [4.78, 5) is 4.39. The van der Waals surface area contributed by atoms with Crippen LogP contribution in [-0.2, 0) is 0 Å². The first-order chi connectivity index (χ1) is 5.85. The van der Waals surface area contributed by atoms with Crippen molar-refractivity contribution in [1.29, 1.82) is 0 Å². The minimum Gasteiger partial charge on any atom is -0.297 e. The van der Waals surface area contributed by atoms with E-state index in [1.54, 1.807) is 0 Å². The molecule has 0 saturated carbocycles. The summed E-state index contributed by atoms with van der Waals surface area (Å²) in [5.41, 5.74) is 0. The molecule has 0 heterocycles. The normalized spacial score (nSPS) is 13.9. The zero-order chi connectivity index (χ0) is 9.23. The number of aliphatic imine (C=N–C) groups is 1. The molecule has 0 aliphatic rings. The summed E-state index contributed by atoms with van der Waals surface area (Å²) in [6.45, 7) is 7.70. The summed E-state index contributed by atoms with van der Waals surface area (Å²) in [6.07, 6.45) is 8.42. The highest BCUT2D eigenvalue weighted by atomic mass is 14.7. The average Bonchev–Trinajstić information content (AvgIpc) is 2.11. The fourth-order valence-corrected chi connectivity index (χ4v) is 1.27. The molecule has 0 fully saturated rings. The molecule has 0 spiro atoms. The van der Waals surface area contributed by atoms with E-state index in [9.17, 15) is 0 Å². The Labute approximate surface area is 77.3 Å². The predicted octanol–water partition coefficient (Wildman–Crippen LogP) is 3.68. The molecule has 1 heteroatoms. The van der Waals surface area contributed by atoms with Crippen molar-refractivity contribution in [2.45, 2.75) is 52.9 Å². The molecule has 0 N–H and O–H groups in total. The van der Waals surface area contributed by atoms with Crippen LogP contribution in [0.25, 0.3) is 0 Å². The minimum atomic E-state index is 0.827. The summed E-state index contributed by atoms with van der Waals surface area (Å²) in [6, 6.07) is 0. The number of hydrogen-bond donors (Lipinski definition) is 0. The van der Waals surface area contributed by atoms with Crippen LogP contribution < -0.4 is 0 Å². The van der Waals surface area contributed by atoms with Gasteiger partial charge >= 0.3 is 0 Å². The Balaban J connectivity index is 3.45. The predicted molar refractivity (Wildman–Crippen MR) is 57.0 cm³/mol. The van der Waals surface area contributed by atoms with Crippen molar-refractivity contribution in [3.8, 4) is 0 Å². The lowest BCUT2D eigenvalue weighted by molar-refractivity contribution is 0.463. The Hall–Kier alpha value is -0.330. The van der Waals surface area contributed by atoms with E-state index < -0.39 is 0 Å². The van der Waals surface area contributed by atoms with E-state index in [2.05, 4.69) is 25.8 Å². The third-order valence-electron chi connectivity index (χ3n) is 2.22. The maximum Gasteiger partial charge on any atom is 0.0413 e. The van der Waals surface area contributed by atoms with Gasteiger partial charge in [-0.05, 0) is 25.0 Å². The first kappa shape index (κ1) is 11.7. The van der Waals surface area contributed by atoms with Gasteiger partial charge in [-0.3, -0.25) is 4.99 Å². The molecular weight excluding hydrogens is 146 g/mol. The molecule has 0 rings (SSSR count). The number of nitrogens with zero attached hydrogens (tertiary/aromatic N) is 1. The molecule has 0 amide bonds. The summed E-state index contributed by atoms with van der Waals surface area (Å²) in [7, 11) is 0. The molecule has 1 unspecified atom stereocenters. The lowest BCUT2D eigenvalue weighted by atomic mass is 10.00. The van der Waals surface area contributed by atoms with Crippen LogP contribution in [0.3, 0.4) is 0 Å². The second-order valence-electron chi connectivity index (χ2n) is 3.37. The van der Waals surface area contributed by atoms with Crippen molar-refractivity contribution in [3.63, 3.8) is 0 Å². The second kappa shape index (κ2) is 8.76. The van der Waals surface area contributed by atoms with E-state index in [1.165, 1.54) is 25.7 Å². The van der Waals surface area contributed by atoms with Crippen LogP contribution in [0.15, 0.2) is 4.99 Å². The van der Waals surface area contributed by atoms with Crippen LogP contribution in [0.1, 0.15) is 52.9 Å². The van der Waals surface area contributed by atoms with Crippen molar-refractivity contribution in [1.82, 2.24) is 0 Å². The number of rotatable bonds is 7. The Morgan fingerprint density at radius 2 is 2.00 bits per heavy atom. The molecule has 0 radical (unpaired) electrons. The molecule has 72 valence electrons. The summed E-state index contributed by atoms with van der Waals surface area (Å²) in [5.74, 6) is 0.827. The first-order valence-electron chi connectivity index (χ1n) is 5.33. The van der Waals surface area contributed by atoms with Gasteiger partial charge in [0.25, 0.3) is 0 Å². The Kier molecular flexibility index (Phi) is 8.52. The van der Waals surface area contributed by atoms with Gasteiger partial charge < -0.3 is 0 Å². The highest BCUT2D eigenvalue weighted by molar-refractivity contribution is 5.56. The molecule has 1 nitrogen and oxygen atoms in total. The number of unbranched alkanes of at least 4 members (excludes halogenated alkanes) is 1. The lowest BCUT2D eigenvalue weighted by Gasteiger charge is -2.10. The van der Waals surface area contributed by atoms with Crippen molar-refractivity contribution in [2.75, 3.05) is 6.54 Å². The molecule has 0 aromatic heterocycles. The molecule has 0 aromatic rings. The highest BCUT2D eigenvalue weighted by Gasteiger charge is 2.02. The van der Waals surface area contributed by atoms with E-state index >= 15 is 0 Å². The summed E-state index contributed by atoms with van der Waals surface area (Å²) >= 11 is 0. The molecule has 0 bridgehead atoms. The summed E-state index contributed by atoms with van der Waals surface area (Å²) < 4.78 is 0. The summed E-state index contributed by atoms with van der Waals surface area (Å²) in [5, 5.41) is 0. The van der Waals surface area contributed by atoms with Gasteiger partial charge in [0.1, 0.15) is 0 Å². The first-order valence-corrected chi connectivity index (χ1v) is 5.33. The maximum absolute atomic E-state index is 4.39. The third-order valence-corrected chi connectivity index (χ3v) is 2.22. The smallest absolute Gasteiger partial charge is 0.0413 e. The lowest BCUT2D eigenvalue weighted by Crippen LogP contribution is -2.03. The molecule has 0 saturated heterocycles. The van der Waals surface area contributed by atoms with Crippen molar-refractivity contribution >= 4 is 6.21 Å². The fraction of sp³-hybridized carbons (Fsp3) is 0.909. The molecular formula is C11H23N. The van der Waals surface area contributed by atoms with E-state index in [0.717, 1.165) is 18.9 Å². The molecule has 0 aromatic carbocycles. The Bertz CT molecular complexity index is 108. The van der Waals surface area contributed by atoms with E-state index in [-0.39, 0.29) is 0 Å². The average molecular weight is 169 g/mol. The minimum absolute atomic E-state index is 0.827. The number of hydrogen-bond acceptors (Lipinski definition) is 1. The zero-order valence-electron chi connectivity index (χ0n) is 8.84. The largest absolute Gasteiger partial charge is 0.297 e. The van der Waals surface area contributed by atoms with Crippen LogP contribution in [0, 0.1) is 5.92 Å². The standard InChI is InChI=1S/C11H23N/c1-4-7-8-11(6-3)10-12-9-5-2/h9,11H,4-8,10H2,1-3H3. The van der Waals surface area contributed by atoms with Gasteiger partial charge in [0.2, 0.25) is 0 Å². The van der Waals surface area contributed by atoms with Gasteiger partial charge in [0.05, 0.1) is 0 Å². The van der Waals surface area contributed by atoms with E-state index in [1.807, 2.05) is 6.21 Å². The van der Waals surface area contributed by atoms with E-state index in [4.69, 9.17) is 0 Å². The van der Waals surface area contributed by atoms with Crippen LogP contribution in [0.2, 0.25) is 0 Å². The molecule has 1 atom stereocenters. The van der Waals surface area contributed by atoms with Crippen LogP contribution in [0.5, 0.6) is 0 Å². The third kappa shape index (κ3) is 6.38. The van der Waals surface area contributed by atoms with Crippen molar-refractivity contribution < 1.29 is 0 Å². The van der Waals surface area contributed by atoms with Crippen LogP contribution in [-0.4, -0.2) is 12.8 Å². The molecule has 0 aliphatic carbocycles. The van der Waals surface area contributed by atoms with Gasteiger partial charge in [-0.15, -0.1) is 0 Å². The zero-order valence-corrected chi connectivity index (χ0v) is 8.84. The van der Waals surface area contributed by atoms with Gasteiger partial charge in [-0.25, -0.2) is 0 Å². The second-order valence-corrected chi connectivity index (χ2v) is 3.37. The maximum atomic E-state index is 4.39. The van der Waals surface area contributed by atoms with E-state index in [0.29, 0.717) is 0 Å². The van der Waals surface area contributed by atoms with Gasteiger partial charge in [-0.1, -0.05) is 40.0 Å². The van der Waals surface area contributed by atoms with Crippen molar-refractivity contribution in [2.24, 2.45) is 10.9 Å². The fourth-order valence-electron chi connectivity index (χ4n) is 1.27. The quantitative estimate of drug-likeness (QED) is 0.515. The van der Waals surface area contributed by atoms with Gasteiger partial charge in [0, 0.05) is 6.54 Å². The monoisotopic (exact) mass is 169 g/mol. The molecule has 12 heavy (non-hydrogen) atoms. The SMILES string of the molecule is CCC=NCC(CC)CCCC. The van der Waals surface area contributed by atoms with Gasteiger partial charge in [0.15, 0.2) is 0 Å². The Morgan fingerprint density at radius 3 is 2.50 bits per heavy atom. The van der Waals surface area contributed by atoms with Crippen molar-refractivity contribution in [3.05, 3.63) is 0 Å². The Morgan fingerprint density at radius 1 is 1.25 bits per heavy atom. The molecule has 0 aliphatic heterocycles. The van der Waals surface area contributed by atoms with Gasteiger partial charge in [-0.2, -0.15) is 0 Å². The highest BCUT2D eigenvalue weighted by Crippen LogP contribution is 2.12. The topological polar surface area (TPSA) is 12.4 Å². The van der Waals surface area contributed by atoms with Crippen LogP contribution >= 0.6 is 0 Å². The van der Waals surface area contributed by atoms with Crippen LogP contribution in [0.4, 0.5) is 0 Å².